The highest BCUT2D eigenvalue weighted by atomic mass is 79.9. The first-order chi connectivity index (χ1) is 8.98. The Morgan fingerprint density at radius 3 is 3.00 bits per heavy atom. The number of hydrogen-bond donors (Lipinski definition) is 3. The van der Waals surface area contributed by atoms with Gasteiger partial charge in [0.2, 0.25) is 0 Å². The van der Waals surface area contributed by atoms with Crippen LogP contribution in [0.3, 0.4) is 0 Å². The van der Waals surface area contributed by atoms with Gasteiger partial charge in [-0.05, 0) is 42.9 Å². The molecule has 1 atom stereocenters. The average molecular weight is 345 g/mol. The summed E-state index contributed by atoms with van der Waals surface area (Å²) in [5.74, 6) is 1.64. The number of aliphatic hydroxyl groups is 1. The fourth-order valence-electron chi connectivity index (χ4n) is 1.91. The van der Waals surface area contributed by atoms with Crippen molar-refractivity contribution in [2.24, 2.45) is 0 Å². The number of nitrogens with one attached hydrogen (secondary N) is 2. The highest BCUT2D eigenvalue weighted by Crippen LogP contribution is 2.27. The number of rotatable bonds is 3. The van der Waals surface area contributed by atoms with Crippen LogP contribution in [0.4, 0.5) is 10.5 Å². The molecule has 1 aliphatic rings. The lowest BCUT2D eigenvalue weighted by Gasteiger charge is -2.21. The Labute approximate surface area is 125 Å². The van der Waals surface area contributed by atoms with Gasteiger partial charge in [-0.3, -0.25) is 0 Å². The van der Waals surface area contributed by atoms with E-state index >= 15 is 0 Å². The summed E-state index contributed by atoms with van der Waals surface area (Å²) >= 11 is 5.10. The van der Waals surface area contributed by atoms with E-state index in [0.29, 0.717) is 12.3 Å². The Bertz CT molecular complexity index is 476. The first-order valence-corrected chi connectivity index (χ1v) is 8.04. The zero-order chi connectivity index (χ0) is 13.9. The van der Waals surface area contributed by atoms with E-state index in [1.54, 1.807) is 11.8 Å². The number of aryl methyl sites for hydroxylation is 1. The Morgan fingerprint density at radius 2 is 2.37 bits per heavy atom. The summed E-state index contributed by atoms with van der Waals surface area (Å²) < 4.78 is 0.980. The summed E-state index contributed by atoms with van der Waals surface area (Å²) in [4.78, 5) is 11.8. The molecule has 1 saturated heterocycles. The minimum atomic E-state index is -0.753. The van der Waals surface area contributed by atoms with Crippen molar-refractivity contribution in [3.63, 3.8) is 0 Å². The minimum absolute atomic E-state index is 0.282. The molecule has 19 heavy (non-hydrogen) atoms. The molecule has 104 valence electrons. The molecule has 1 unspecified atom stereocenters. The third kappa shape index (κ3) is 4.12. The average Bonchev–Trinajstić information content (AvgIpc) is 2.78. The Balaban J connectivity index is 1.87. The summed E-state index contributed by atoms with van der Waals surface area (Å²) in [6.07, 6.45) is 0.731. The SMILES string of the molecule is Cc1cc(Br)ccc1NC(=O)NCC1(O)CCSC1. The maximum Gasteiger partial charge on any atom is 0.319 e. The third-order valence-electron chi connectivity index (χ3n) is 3.10. The van der Waals surface area contributed by atoms with E-state index in [1.807, 2.05) is 25.1 Å². The Hall–Kier alpha value is -0.720. The van der Waals surface area contributed by atoms with Gasteiger partial charge in [0.1, 0.15) is 0 Å². The first kappa shape index (κ1) is 14.7. The molecule has 0 saturated carbocycles. The molecule has 1 aromatic carbocycles. The predicted molar refractivity (Wildman–Crippen MR) is 82.8 cm³/mol. The molecule has 2 amide bonds. The Kier molecular flexibility index (Phi) is 4.76. The summed E-state index contributed by atoms with van der Waals surface area (Å²) in [6.45, 7) is 2.23. The molecule has 1 fully saturated rings. The van der Waals surface area contributed by atoms with Crippen LogP contribution in [-0.4, -0.2) is 34.8 Å². The van der Waals surface area contributed by atoms with Crippen LogP contribution in [0.25, 0.3) is 0 Å². The molecule has 0 radical (unpaired) electrons. The van der Waals surface area contributed by atoms with E-state index in [0.717, 1.165) is 27.9 Å². The van der Waals surface area contributed by atoms with Gasteiger partial charge in [-0.25, -0.2) is 4.79 Å². The summed E-state index contributed by atoms with van der Waals surface area (Å²) in [5.41, 5.74) is 1.00. The molecule has 0 spiro atoms. The number of benzene rings is 1. The van der Waals surface area contributed by atoms with Crippen LogP contribution in [0.15, 0.2) is 22.7 Å². The summed E-state index contributed by atoms with van der Waals surface area (Å²) in [5, 5.41) is 15.6. The molecule has 1 heterocycles. The number of carbonyl (C=O) groups excluding carboxylic acids is 1. The lowest BCUT2D eigenvalue weighted by Crippen LogP contribution is -2.44. The number of hydrogen-bond acceptors (Lipinski definition) is 3. The van der Waals surface area contributed by atoms with Crippen molar-refractivity contribution in [1.82, 2.24) is 5.32 Å². The number of carbonyl (C=O) groups is 1. The lowest BCUT2D eigenvalue weighted by atomic mass is 10.0. The smallest absolute Gasteiger partial charge is 0.319 e. The largest absolute Gasteiger partial charge is 0.387 e. The number of urea groups is 1. The van der Waals surface area contributed by atoms with Crippen molar-refractivity contribution in [2.45, 2.75) is 18.9 Å². The molecule has 1 aliphatic heterocycles. The molecule has 0 aliphatic carbocycles. The molecular formula is C13H17BrN2O2S. The van der Waals surface area contributed by atoms with Crippen LogP contribution in [0.1, 0.15) is 12.0 Å². The van der Waals surface area contributed by atoms with E-state index in [1.165, 1.54) is 0 Å². The zero-order valence-electron chi connectivity index (χ0n) is 10.7. The summed E-state index contributed by atoms with van der Waals surface area (Å²) in [7, 11) is 0. The lowest BCUT2D eigenvalue weighted by molar-refractivity contribution is 0.0706. The number of amides is 2. The van der Waals surface area contributed by atoms with Gasteiger partial charge >= 0.3 is 6.03 Å². The minimum Gasteiger partial charge on any atom is -0.387 e. The maximum atomic E-state index is 11.8. The van der Waals surface area contributed by atoms with Crippen LogP contribution < -0.4 is 10.6 Å². The highest BCUT2D eigenvalue weighted by Gasteiger charge is 2.31. The van der Waals surface area contributed by atoms with E-state index in [9.17, 15) is 9.90 Å². The zero-order valence-corrected chi connectivity index (χ0v) is 13.1. The van der Waals surface area contributed by atoms with Crippen LogP contribution in [0.5, 0.6) is 0 Å². The van der Waals surface area contributed by atoms with Gasteiger partial charge < -0.3 is 15.7 Å². The second kappa shape index (κ2) is 6.15. The van der Waals surface area contributed by atoms with Crippen molar-refractivity contribution >= 4 is 39.4 Å². The van der Waals surface area contributed by atoms with Crippen molar-refractivity contribution < 1.29 is 9.90 Å². The van der Waals surface area contributed by atoms with E-state index < -0.39 is 5.60 Å². The van der Waals surface area contributed by atoms with E-state index in [-0.39, 0.29) is 6.03 Å². The first-order valence-electron chi connectivity index (χ1n) is 6.10. The predicted octanol–water partition coefficient (Wildman–Crippen LogP) is 2.75. The van der Waals surface area contributed by atoms with Gasteiger partial charge in [0, 0.05) is 22.5 Å². The van der Waals surface area contributed by atoms with Crippen LogP contribution in [0, 0.1) is 6.92 Å². The van der Waals surface area contributed by atoms with Crippen molar-refractivity contribution in [3.8, 4) is 0 Å². The van der Waals surface area contributed by atoms with Crippen molar-refractivity contribution in [1.29, 1.82) is 0 Å². The van der Waals surface area contributed by atoms with Gasteiger partial charge in [-0.2, -0.15) is 11.8 Å². The van der Waals surface area contributed by atoms with Crippen LogP contribution in [0.2, 0.25) is 0 Å². The van der Waals surface area contributed by atoms with Gasteiger partial charge in [-0.1, -0.05) is 15.9 Å². The topological polar surface area (TPSA) is 61.4 Å². The molecule has 2 rings (SSSR count). The number of anilines is 1. The Morgan fingerprint density at radius 1 is 1.58 bits per heavy atom. The van der Waals surface area contributed by atoms with Gasteiger partial charge in [-0.15, -0.1) is 0 Å². The quantitative estimate of drug-likeness (QED) is 0.789. The fourth-order valence-corrected chi connectivity index (χ4v) is 3.69. The third-order valence-corrected chi connectivity index (χ3v) is 4.82. The molecule has 6 heteroatoms. The number of thioether (sulfide) groups is 1. The van der Waals surface area contributed by atoms with Gasteiger partial charge in [0.25, 0.3) is 0 Å². The standard InChI is InChI=1S/C13H17BrN2O2S/c1-9-6-10(14)2-3-11(9)16-12(17)15-7-13(18)4-5-19-8-13/h2-3,6,18H,4-5,7-8H2,1H3,(H2,15,16,17). The van der Waals surface area contributed by atoms with E-state index in [2.05, 4.69) is 26.6 Å². The normalized spacial score (nSPS) is 22.3. The summed E-state index contributed by atoms with van der Waals surface area (Å²) in [6, 6.07) is 5.38. The van der Waals surface area contributed by atoms with Gasteiger partial charge in [0.05, 0.1) is 5.60 Å². The van der Waals surface area contributed by atoms with Crippen molar-refractivity contribution in [3.05, 3.63) is 28.2 Å². The second-order valence-corrected chi connectivity index (χ2v) is 6.81. The highest BCUT2D eigenvalue weighted by molar-refractivity contribution is 9.10. The fraction of sp³-hybridized carbons (Fsp3) is 0.462. The molecule has 3 N–H and O–H groups in total. The number of halogens is 1. The van der Waals surface area contributed by atoms with Crippen molar-refractivity contribution in [2.75, 3.05) is 23.4 Å². The van der Waals surface area contributed by atoms with Crippen LogP contribution >= 0.6 is 27.7 Å². The molecule has 4 nitrogen and oxygen atoms in total. The molecule has 0 aromatic heterocycles. The monoisotopic (exact) mass is 344 g/mol. The molecule has 1 aromatic rings. The molecular weight excluding hydrogens is 328 g/mol. The van der Waals surface area contributed by atoms with E-state index in [4.69, 9.17) is 0 Å². The second-order valence-electron chi connectivity index (χ2n) is 4.79. The molecule has 0 bridgehead atoms. The van der Waals surface area contributed by atoms with Crippen LogP contribution in [-0.2, 0) is 0 Å². The maximum absolute atomic E-state index is 11.8. The van der Waals surface area contributed by atoms with Gasteiger partial charge in [0.15, 0.2) is 0 Å².